The Morgan fingerprint density at radius 2 is 0.957 bits per heavy atom. The van der Waals surface area contributed by atoms with Crippen LogP contribution < -0.4 is 60.2 Å². The van der Waals surface area contributed by atoms with Gasteiger partial charge in [-0.2, -0.15) is 23.5 Å². The highest BCUT2D eigenvalue weighted by Gasteiger charge is 2.35. The molecule has 70 heavy (non-hydrogen) atoms. The Kier molecular flexibility index (Phi) is 29.7. The lowest BCUT2D eigenvalue weighted by atomic mass is 10.0. The van der Waals surface area contributed by atoms with Crippen LogP contribution in [0.25, 0.3) is 0 Å². The topological polar surface area (TPSA) is 417 Å². The number of benzene rings is 1. The van der Waals surface area contributed by atoms with E-state index in [2.05, 4.69) is 37.2 Å². The summed E-state index contributed by atoms with van der Waals surface area (Å²) in [5, 5.41) is 36.3. The normalized spacial score (nSPS) is 14.4. The first-order chi connectivity index (χ1) is 33.0. The number of primary amides is 2. The van der Waals surface area contributed by atoms with Gasteiger partial charge in [-0.1, -0.05) is 44.2 Å². The molecule has 0 bridgehead atoms. The smallest absolute Gasteiger partial charge is 0.326 e. The summed E-state index contributed by atoms with van der Waals surface area (Å²) in [7, 11) is 0. The van der Waals surface area contributed by atoms with E-state index in [1.54, 1.807) is 56.7 Å². The molecule has 0 heterocycles. The minimum Gasteiger partial charge on any atom is -0.481 e. The monoisotopic (exact) mass is 1030 g/mol. The summed E-state index contributed by atoms with van der Waals surface area (Å²) < 4.78 is 0. The van der Waals surface area contributed by atoms with Crippen molar-refractivity contribution in [1.82, 2.24) is 37.2 Å². The van der Waals surface area contributed by atoms with Crippen LogP contribution in [0.5, 0.6) is 0 Å². The fourth-order valence-corrected chi connectivity index (χ4v) is 7.63. The number of aliphatic carboxylic acids is 2. The van der Waals surface area contributed by atoms with Crippen molar-refractivity contribution >= 4 is 88.6 Å². The molecule has 8 atom stereocenters. The van der Waals surface area contributed by atoms with Gasteiger partial charge < -0.3 is 70.4 Å². The Balaban J connectivity index is 3.39. The zero-order valence-corrected chi connectivity index (χ0v) is 41.6. The SMILES string of the molecule is CSCC[C@H](NC(=O)[C@H](CCSC)NC(=O)[C@H](CC(N)=O)NC(=O)[C@H](CCCCN)NC(=O)[C@@H](N)Cc1ccccc1)C(=O)N[C@@H](CC(=O)O)C(=O)N[C@@H](CCC(N)=O)C(=O)N[C@@H](CC(C)C)C(=O)O. The molecule has 9 amide bonds. The molecule has 392 valence electrons. The highest BCUT2D eigenvalue weighted by atomic mass is 32.2. The second kappa shape index (κ2) is 33.5. The largest absolute Gasteiger partial charge is 0.481 e. The summed E-state index contributed by atoms with van der Waals surface area (Å²) in [5.74, 6) is -11.1. The van der Waals surface area contributed by atoms with E-state index in [-0.39, 0.29) is 56.1 Å². The van der Waals surface area contributed by atoms with Gasteiger partial charge in [-0.25, -0.2) is 4.79 Å². The van der Waals surface area contributed by atoms with Crippen LogP contribution >= 0.6 is 23.5 Å². The number of hydrogen-bond acceptors (Lipinski definition) is 15. The predicted octanol–water partition coefficient (Wildman–Crippen LogP) is -2.67. The summed E-state index contributed by atoms with van der Waals surface area (Å²) in [6.45, 7) is 3.72. The van der Waals surface area contributed by atoms with Gasteiger partial charge >= 0.3 is 11.9 Å². The van der Waals surface area contributed by atoms with E-state index in [9.17, 15) is 63.0 Å². The van der Waals surface area contributed by atoms with Gasteiger partial charge in [-0.05, 0) is 93.4 Å². The first kappa shape index (κ1) is 62.0. The third-order valence-electron chi connectivity index (χ3n) is 10.4. The molecular weight excluding hydrogens is 955 g/mol. The van der Waals surface area contributed by atoms with E-state index in [0.29, 0.717) is 12.8 Å². The first-order valence-corrected chi connectivity index (χ1v) is 25.4. The Morgan fingerprint density at radius 1 is 0.543 bits per heavy atom. The highest BCUT2D eigenvalue weighted by Crippen LogP contribution is 2.11. The van der Waals surface area contributed by atoms with E-state index in [1.165, 1.54) is 23.5 Å². The predicted molar refractivity (Wildman–Crippen MR) is 262 cm³/mol. The molecule has 0 saturated heterocycles. The van der Waals surface area contributed by atoms with Gasteiger partial charge in [-0.3, -0.25) is 47.9 Å². The second-order valence-corrected chi connectivity index (χ2v) is 18.8. The fraction of sp³-hybridized carbons (Fsp3) is 0.614. The van der Waals surface area contributed by atoms with Crippen LogP contribution in [-0.4, -0.2) is 154 Å². The van der Waals surface area contributed by atoms with Crippen LogP contribution in [0.15, 0.2) is 30.3 Å². The number of nitrogens with one attached hydrogen (secondary N) is 7. The number of carbonyl (C=O) groups is 11. The zero-order chi connectivity index (χ0) is 52.9. The third kappa shape index (κ3) is 25.0. The van der Waals surface area contributed by atoms with Crippen molar-refractivity contribution in [2.75, 3.05) is 30.6 Å². The van der Waals surface area contributed by atoms with Gasteiger partial charge in [-0.15, -0.1) is 0 Å². The Morgan fingerprint density at radius 3 is 1.37 bits per heavy atom. The molecule has 0 radical (unpaired) electrons. The summed E-state index contributed by atoms with van der Waals surface area (Å²) >= 11 is 2.58. The molecule has 0 aliphatic rings. The molecule has 1 aromatic rings. The number of carboxylic acid groups (broad SMARTS) is 2. The lowest BCUT2D eigenvalue weighted by Crippen LogP contribution is -2.60. The van der Waals surface area contributed by atoms with Gasteiger partial charge in [0, 0.05) is 6.42 Å². The molecule has 26 heteroatoms. The summed E-state index contributed by atoms with van der Waals surface area (Å²) in [5.41, 5.74) is 23.3. The molecule has 0 spiro atoms. The van der Waals surface area contributed by atoms with Gasteiger partial charge in [0.2, 0.25) is 53.2 Å². The summed E-state index contributed by atoms with van der Waals surface area (Å²) in [6.07, 6.45) is 1.84. The van der Waals surface area contributed by atoms with Gasteiger partial charge in [0.15, 0.2) is 0 Å². The lowest BCUT2D eigenvalue weighted by molar-refractivity contribution is -0.143. The number of carbonyl (C=O) groups excluding carboxylic acids is 9. The number of amides is 9. The highest BCUT2D eigenvalue weighted by molar-refractivity contribution is 7.98. The van der Waals surface area contributed by atoms with E-state index in [4.69, 9.17) is 22.9 Å². The number of carboxylic acids is 2. The van der Waals surface area contributed by atoms with Crippen LogP contribution in [0, 0.1) is 5.92 Å². The van der Waals surface area contributed by atoms with E-state index < -0.39 is 139 Å². The average molecular weight is 1030 g/mol. The molecule has 24 nitrogen and oxygen atoms in total. The first-order valence-electron chi connectivity index (χ1n) is 22.6. The number of nitrogens with two attached hydrogens (primary N) is 4. The lowest BCUT2D eigenvalue weighted by Gasteiger charge is -2.27. The van der Waals surface area contributed by atoms with Crippen LogP contribution in [0.2, 0.25) is 0 Å². The van der Waals surface area contributed by atoms with Crippen molar-refractivity contribution in [3.63, 3.8) is 0 Å². The quantitative estimate of drug-likeness (QED) is 0.0305. The Labute approximate surface area is 415 Å². The maximum Gasteiger partial charge on any atom is 0.326 e. The molecule has 17 N–H and O–H groups in total. The van der Waals surface area contributed by atoms with Crippen molar-refractivity contribution in [2.24, 2.45) is 28.9 Å². The van der Waals surface area contributed by atoms with Gasteiger partial charge in [0.1, 0.15) is 42.3 Å². The van der Waals surface area contributed by atoms with Crippen molar-refractivity contribution in [3.8, 4) is 0 Å². The van der Waals surface area contributed by atoms with Crippen LogP contribution in [-0.2, 0) is 59.2 Å². The Hall–Kier alpha value is -5.99. The van der Waals surface area contributed by atoms with E-state index in [0.717, 1.165) is 5.56 Å². The molecule has 0 unspecified atom stereocenters. The molecule has 0 aliphatic heterocycles. The summed E-state index contributed by atoms with van der Waals surface area (Å²) in [6, 6.07) is -2.69. The van der Waals surface area contributed by atoms with Crippen molar-refractivity contribution in [2.45, 2.75) is 133 Å². The Bertz CT molecular complexity index is 1930. The zero-order valence-electron chi connectivity index (χ0n) is 40.0. The van der Waals surface area contributed by atoms with Gasteiger partial charge in [0.25, 0.3) is 0 Å². The summed E-state index contributed by atoms with van der Waals surface area (Å²) in [4.78, 5) is 143. The molecule has 0 aromatic heterocycles. The molecule has 0 aliphatic carbocycles. The van der Waals surface area contributed by atoms with Crippen molar-refractivity contribution < 1.29 is 63.0 Å². The molecule has 1 aromatic carbocycles. The van der Waals surface area contributed by atoms with E-state index in [1.807, 2.05) is 0 Å². The van der Waals surface area contributed by atoms with Crippen molar-refractivity contribution in [1.29, 1.82) is 0 Å². The van der Waals surface area contributed by atoms with Crippen molar-refractivity contribution in [3.05, 3.63) is 35.9 Å². The van der Waals surface area contributed by atoms with Crippen LogP contribution in [0.4, 0.5) is 0 Å². The number of hydrogen-bond donors (Lipinski definition) is 13. The number of unbranched alkanes of at least 4 members (excludes halogenated alkanes) is 1. The van der Waals surface area contributed by atoms with Crippen LogP contribution in [0.1, 0.15) is 83.6 Å². The maximum absolute atomic E-state index is 14.0. The van der Waals surface area contributed by atoms with Gasteiger partial charge in [0.05, 0.1) is 18.9 Å². The molecule has 1 rings (SSSR count). The number of thioether (sulfide) groups is 2. The molecule has 0 fully saturated rings. The van der Waals surface area contributed by atoms with Crippen LogP contribution in [0.3, 0.4) is 0 Å². The minimum absolute atomic E-state index is 0.00812. The second-order valence-electron chi connectivity index (χ2n) is 16.8. The fourth-order valence-electron chi connectivity index (χ4n) is 6.69. The minimum atomic E-state index is -1.87. The molecular formula is C44H71N11O13S2. The number of rotatable bonds is 36. The maximum atomic E-state index is 14.0. The molecule has 0 saturated carbocycles. The van der Waals surface area contributed by atoms with E-state index >= 15 is 0 Å². The third-order valence-corrected chi connectivity index (χ3v) is 11.7. The standard InChI is InChI=1S/C44H71N11O13S2/c1-24(2)20-33(44(67)68)55-39(62)28(13-14-34(47)56)50-43(66)32(23-36(58)59)54-41(64)30(16-19-70-4)51-40(63)29(15-18-69-3)52-42(65)31(22-35(48)57)53-38(61)27(12-8-9-17-45)49-37(60)26(46)21-25-10-6-5-7-11-25/h5-7,10-11,24,26-33H,8-9,12-23,45-46H2,1-4H3,(H2,47,56)(H2,48,57)(H,49,60)(H,50,66)(H,51,63)(H,52,65)(H,53,61)(H,54,64)(H,55,62)(H,58,59)(H,67,68)/t26-,27-,28-,29-,30-,31-,32-,33-/m0/s1. The average Bonchev–Trinajstić information content (AvgIpc) is 3.28.